The number of aryl methyl sites for hydroxylation is 1. The molecule has 170 valence electrons. The number of fused-ring (bicyclic) bond motifs is 1. The van der Waals surface area contributed by atoms with Gasteiger partial charge in [0.05, 0.1) is 24.5 Å². The van der Waals surface area contributed by atoms with E-state index in [1.807, 2.05) is 6.92 Å². The highest BCUT2D eigenvalue weighted by atomic mass is 19.3. The molecule has 3 aliphatic rings. The van der Waals surface area contributed by atoms with Gasteiger partial charge in [-0.3, -0.25) is 4.90 Å². The van der Waals surface area contributed by atoms with Crippen LogP contribution in [-0.2, 0) is 4.74 Å². The molecule has 2 unspecified atom stereocenters. The van der Waals surface area contributed by atoms with Crippen molar-refractivity contribution in [2.24, 2.45) is 11.7 Å². The van der Waals surface area contributed by atoms with Gasteiger partial charge in [0.25, 0.3) is 5.78 Å². The van der Waals surface area contributed by atoms with Gasteiger partial charge in [-0.25, -0.2) is 18.3 Å². The van der Waals surface area contributed by atoms with Gasteiger partial charge in [-0.05, 0) is 32.1 Å². The number of hydrogen-bond acceptors (Lipinski definition) is 7. The third-order valence-corrected chi connectivity index (χ3v) is 7.12. The number of nitrogens with two attached hydrogens (primary N) is 1. The summed E-state index contributed by atoms with van der Waals surface area (Å²) in [7, 11) is 0. The molecule has 2 atom stereocenters. The van der Waals surface area contributed by atoms with Gasteiger partial charge in [-0.1, -0.05) is 0 Å². The Morgan fingerprint density at radius 1 is 1.13 bits per heavy atom. The van der Waals surface area contributed by atoms with Crippen molar-refractivity contribution in [2.75, 3.05) is 44.3 Å². The van der Waals surface area contributed by atoms with Crippen LogP contribution in [-0.4, -0.2) is 75.8 Å². The minimum Gasteiger partial charge on any atom is -0.380 e. The van der Waals surface area contributed by atoms with Crippen LogP contribution in [0.1, 0.15) is 49.5 Å². The number of piperazine rings is 1. The van der Waals surface area contributed by atoms with Gasteiger partial charge in [-0.2, -0.15) is 10.1 Å². The van der Waals surface area contributed by atoms with E-state index in [4.69, 9.17) is 15.5 Å². The Bertz CT molecular complexity index is 912. The van der Waals surface area contributed by atoms with Crippen molar-refractivity contribution in [1.29, 1.82) is 0 Å². The summed E-state index contributed by atoms with van der Waals surface area (Å²) in [6.07, 6.45) is 3.55. The van der Waals surface area contributed by atoms with Gasteiger partial charge in [0, 0.05) is 51.7 Å². The first-order valence-corrected chi connectivity index (χ1v) is 11.3. The van der Waals surface area contributed by atoms with Crippen LogP contribution in [0.15, 0.2) is 6.20 Å². The molecule has 2 aromatic rings. The first-order valence-electron chi connectivity index (χ1n) is 11.3. The van der Waals surface area contributed by atoms with Crippen LogP contribution in [0, 0.1) is 12.8 Å². The average Bonchev–Trinajstić information content (AvgIpc) is 3.43. The molecule has 2 saturated heterocycles. The zero-order valence-electron chi connectivity index (χ0n) is 18.0. The van der Waals surface area contributed by atoms with E-state index in [1.54, 1.807) is 10.7 Å². The summed E-state index contributed by atoms with van der Waals surface area (Å²) in [5.41, 5.74) is 7.94. The first kappa shape index (κ1) is 21.0. The number of imidazole rings is 1. The molecule has 2 aromatic heterocycles. The van der Waals surface area contributed by atoms with Crippen LogP contribution in [0.2, 0.25) is 0 Å². The molecule has 1 saturated carbocycles. The molecule has 0 amide bonds. The summed E-state index contributed by atoms with van der Waals surface area (Å²) in [5.74, 6) is -1.17. The lowest BCUT2D eigenvalue weighted by Gasteiger charge is -2.38. The van der Waals surface area contributed by atoms with E-state index in [0.717, 1.165) is 57.3 Å². The van der Waals surface area contributed by atoms with Crippen LogP contribution in [0.3, 0.4) is 0 Å². The van der Waals surface area contributed by atoms with Crippen molar-refractivity contribution >= 4 is 11.6 Å². The van der Waals surface area contributed by atoms with Crippen molar-refractivity contribution in [3.8, 4) is 0 Å². The molecule has 4 heterocycles. The zero-order chi connectivity index (χ0) is 21.6. The van der Waals surface area contributed by atoms with Crippen LogP contribution in [0.25, 0.3) is 5.78 Å². The van der Waals surface area contributed by atoms with E-state index in [2.05, 4.69) is 19.9 Å². The monoisotopic (exact) mass is 435 g/mol. The SMILES string of the molecule is Cc1nn2cc(C(N)C3CCC(F)(F)CC3)nc2nc1N1CCN(C2CCOC2)CC1. The van der Waals surface area contributed by atoms with Crippen LogP contribution in [0.4, 0.5) is 14.6 Å². The molecular weight excluding hydrogens is 404 g/mol. The highest BCUT2D eigenvalue weighted by Gasteiger charge is 2.37. The molecule has 0 bridgehead atoms. The van der Waals surface area contributed by atoms with Gasteiger partial charge in [0.1, 0.15) is 5.69 Å². The second-order valence-corrected chi connectivity index (χ2v) is 9.19. The predicted octanol–water partition coefficient (Wildman–Crippen LogP) is 2.17. The van der Waals surface area contributed by atoms with Crippen molar-refractivity contribution in [1.82, 2.24) is 24.5 Å². The maximum Gasteiger partial charge on any atom is 0.252 e. The summed E-state index contributed by atoms with van der Waals surface area (Å²) >= 11 is 0. The fourth-order valence-corrected chi connectivity index (χ4v) is 5.14. The normalized spacial score (nSPS) is 26.6. The van der Waals surface area contributed by atoms with Crippen molar-refractivity contribution < 1.29 is 13.5 Å². The van der Waals surface area contributed by atoms with Gasteiger partial charge in [-0.15, -0.1) is 0 Å². The molecule has 0 spiro atoms. The number of aromatic nitrogens is 4. The largest absolute Gasteiger partial charge is 0.380 e. The molecule has 0 aromatic carbocycles. The van der Waals surface area contributed by atoms with Crippen molar-refractivity contribution in [3.05, 3.63) is 17.6 Å². The smallest absolute Gasteiger partial charge is 0.252 e. The Hall–Kier alpha value is -1.91. The molecular formula is C21H31F2N7O. The number of halogens is 2. The van der Waals surface area contributed by atoms with Crippen LogP contribution in [0.5, 0.6) is 0 Å². The fourth-order valence-electron chi connectivity index (χ4n) is 5.14. The second kappa shape index (κ2) is 8.22. The zero-order valence-corrected chi connectivity index (χ0v) is 18.0. The lowest BCUT2D eigenvalue weighted by atomic mass is 9.81. The van der Waals surface area contributed by atoms with Crippen molar-refractivity contribution in [2.45, 2.75) is 57.0 Å². The second-order valence-electron chi connectivity index (χ2n) is 9.19. The summed E-state index contributed by atoms with van der Waals surface area (Å²) in [6.45, 7) is 7.41. The van der Waals surface area contributed by atoms with E-state index in [1.165, 1.54) is 0 Å². The van der Waals surface area contributed by atoms with Gasteiger partial charge in [0.2, 0.25) is 5.92 Å². The molecule has 3 fully saturated rings. The molecule has 10 heteroatoms. The highest BCUT2D eigenvalue weighted by molar-refractivity contribution is 5.48. The van der Waals surface area contributed by atoms with E-state index in [-0.39, 0.29) is 24.8 Å². The maximum absolute atomic E-state index is 13.5. The quantitative estimate of drug-likeness (QED) is 0.788. The van der Waals surface area contributed by atoms with Crippen LogP contribution < -0.4 is 10.6 Å². The standard InChI is InChI=1S/C21H31F2N7O/c1-14-19(29-9-7-28(8-10-29)16-4-11-31-13-16)26-20-25-17(12-30(20)27-14)18(24)15-2-5-21(22,23)6-3-15/h12,15-16,18H,2-11,13,24H2,1H3. The molecule has 31 heavy (non-hydrogen) atoms. The van der Waals surface area contributed by atoms with Gasteiger partial charge < -0.3 is 15.4 Å². The lowest BCUT2D eigenvalue weighted by Crippen LogP contribution is -2.51. The van der Waals surface area contributed by atoms with Gasteiger partial charge >= 0.3 is 0 Å². The average molecular weight is 436 g/mol. The molecule has 2 N–H and O–H groups in total. The molecule has 5 rings (SSSR count). The van der Waals surface area contributed by atoms with Crippen molar-refractivity contribution in [3.63, 3.8) is 0 Å². The number of rotatable bonds is 4. The fraction of sp³-hybridized carbons (Fsp3) is 0.762. The minimum atomic E-state index is -2.56. The Labute approximate surface area is 180 Å². The van der Waals surface area contributed by atoms with E-state index in [0.29, 0.717) is 30.4 Å². The Kier molecular flexibility index (Phi) is 5.56. The number of alkyl halides is 2. The van der Waals surface area contributed by atoms with Gasteiger partial charge in [0.15, 0.2) is 5.82 Å². The summed E-state index contributed by atoms with van der Waals surface area (Å²) in [5, 5.41) is 4.66. The Morgan fingerprint density at radius 2 is 1.87 bits per heavy atom. The Balaban J connectivity index is 1.29. The Morgan fingerprint density at radius 3 is 2.55 bits per heavy atom. The topological polar surface area (TPSA) is 84.8 Å². The highest BCUT2D eigenvalue weighted by Crippen LogP contribution is 2.40. The van der Waals surface area contributed by atoms with E-state index >= 15 is 0 Å². The summed E-state index contributed by atoms with van der Waals surface area (Å²) in [4.78, 5) is 14.2. The third kappa shape index (κ3) is 4.25. The minimum absolute atomic E-state index is 0.0118. The number of nitrogens with zero attached hydrogens (tertiary/aromatic N) is 6. The summed E-state index contributed by atoms with van der Waals surface area (Å²) < 4.78 is 34.2. The molecule has 0 radical (unpaired) electrons. The van der Waals surface area contributed by atoms with E-state index < -0.39 is 5.92 Å². The first-order chi connectivity index (χ1) is 14.9. The third-order valence-electron chi connectivity index (χ3n) is 7.12. The lowest BCUT2D eigenvalue weighted by molar-refractivity contribution is -0.0484. The summed E-state index contributed by atoms with van der Waals surface area (Å²) in [6, 6.07) is 0.161. The number of hydrogen-bond donors (Lipinski definition) is 1. The maximum atomic E-state index is 13.5. The molecule has 1 aliphatic carbocycles. The number of anilines is 1. The van der Waals surface area contributed by atoms with E-state index in [9.17, 15) is 8.78 Å². The predicted molar refractivity (Wildman–Crippen MR) is 112 cm³/mol. The number of ether oxygens (including phenoxy) is 1. The molecule has 8 nitrogen and oxygen atoms in total. The molecule has 2 aliphatic heterocycles. The van der Waals surface area contributed by atoms with Crippen LogP contribution >= 0.6 is 0 Å².